The van der Waals surface area contributed by atoms with E-state index >= 15 is 0 Å². The van der Waals surface area contributed by atoms with Crippen LogP contribution in [0, 0.1) is 0 Å². The van der Waals surface area contributed by atoms with Crippen molar-refractivity contribution in [3.05, 3.63) is 27.5 Å². The zero-order valence-corrected chi connectivity index (χ0v) is 7.56. The number of fused-ring (bicyclic) bond motifs is 1. The second-order valence-corrected chi connectivity index (χ2v) is 4.11. The van der Waals surface area contributed by atoms with Gasteiger partial charge in [0.25, 0.3) is 0 Å². The van der Waals surface area contributed by atoms with E-state index in [2.05, 4.69) is 6.07 Å². The standard InChI is InChI=1S/C10H10OS/c11-6-2-4-9-7-8-3-1-5-10(8)12-9/h2,4,6-7H,1,3,5H2/b4-2+. The molecule has 1 aliphatic carbocycles. The molecule has 0 bridgehead atoms. The summed E-state index contributed by atoms with van der Waals surface area (Å²) in [6.45, 7) is 0. The number of allylic oxidation sites excluding steroid dienone is 1. The van der Waals surface area contributed by atoms with Gasteiger partial charge in [0.05, 0.1) is 0 Å². The van der Waals surface area contributed by atoms with E-state index in [1.54, 1.807) is 6.08 Å². The Labute approximate surface area is 75.7 Å². The van der Waals surface area contributed by atoms with Crippen molar-refractivity contribution in [2.45, 2.75) is 19.3 Å². The molecule has 12 heavy (non-hydrogen) atoms. The normalized spacial score (nSPS) is 15.3. The Morgan fingerprint density at radius 3 is 3.08 bits per heavy atom. The van der Waals surface area contributed by atoms with Crippen LogP contribution in [0.2, 0.25) is 0 Å². The van der Waals surface area contributed by atoms with Crippen LogP contribution < -0.4 is 0 Å². The summed E-state index contributed by atoms with van der Waals surface area (Å²) in [6, 6.07) is 2.20. The Morgan fingerprint density at radius 2 is 2.33 bits per heavy atom. The lowest BCUT2D eigenvalue weighted by Crippen LogP contribution is -1.69. The van der Waals surface area contributed by atoms with Crippen LogP contribution in [0.15, 0.2) is 12.1 Å². The van der Waals surface area contributed by atoms with E-state index < -0.39 is 0 Å². The van der Waals surface area contributed by atoms with E-state index in [9.17, 15) is 4.79 Å². The fraction of sp³-hybridized carbons (Fsp3) is 0.300. The Kier molecular flexibility index (Phi) is 2.09. The third-order valence-electron chi connectivity index (χ3n) is 2.10. The first-order chi connectivity index (χ1) is 5.90. The number of carbonyl (C=O) groups is 1. The zero-order valence-electron chi connectivity index (χ0n) is 6.75. The Balaban J connectivity index is 2.25. The summed E-state index contributed by atoms with van der Waals surface area (Å²) in [6.07, 6.45) is 8.02. The highest BCUT2D eigenvalue weighted by Crippen LogP contribution is 2.30. The minimum absolute atomic E-state index is 0.824. The maximum Gasteiger partial charge on any atom is 0.142 e. The Morgan fingerprint density at radius 1 is 1.42 bits per heavy atom. The average Bonchev–Trinajstić information content (AvgIpc) is 2.58. The van der Waals surface area contributed by atoms with E-state index in [4.69, 9.17) is 0 Å². The van der Waals surface area contributed by atoms with E-state index in [0.29, 0.717) is 0 Å². The fourth-order valence-electron chi connectivity index (χ4n) is 1.57. The summed E-state index contributed by atoms with van der Waals surface area (Å²) >= 11 is 1.82. The molecule has 1 heterocycles. The number of carbonyl (C=O) groups excluding carboxylic acids is 1. The van der Waals surface area contributed by atoms with Crippen LogP contribution in [0.4, 0.5) is 0 Å². The first-order valence-corrected chi connectivity index (χ1v) is 4.95. The van der Waals surface area contributed by atoms with Crippen LogP contribution in [0.5, 0.6) is 0 Å². The molecule has 62 valence electrons. The van der Waals surface area contributed by atoms with Gasteiger partial charge in [0, 0.05) is 9.75 Å². The van der Waals surface area contributed by atoms with Gasteiger partial charge in [-0.25, -0.2) is 0 Å². The van der Waals surface area contributed by atoms with Crippen molar-refractivity contribution in [3.8, 4) is 0 Å². The predicted octanol–water partition coefficient (Wildman–Crippen LogP) is 2.45. The van der Waals surface area contributed by atoms with Crippen LogP contribution in [0.3, 0.4) is 0 Å². The molecule has 0 N–H and O–H groups in total. The molecule has 1 aliphatic rings. The number of thiophene rings is 1. The van der Waals surface area contributed by atoms with Gasteiger partial charge >= 0.3 is 0 Å². The lowest BCUT2D eigenvalue weighted by molar-refractivity contribution is -0.104. The van der Waals surface area contributed by atoms with E-state index in [-0.39, 0.29) is 0 Å². The highest BCUT2D eigenvalue weighted by atomic mass is 32.1. The summed E-state index contributed by atoms with van der Waals surface area (Å²) in [7, 11) is 0. The number of rotatable bonds is 2. The van der Waals surface area contributed by atoms with E-state index in [0.717, 1.165) is 6.29 Å². The molecule has 0 spiro atoms. The van der Waals surface area contributed by atoms with Gasteiger partial charge in [-0.2, -0.15) is 0 Å². The maximum absolute atomic E-state index is 10.1. The van der Waals surface area contributed by atoms with Crippen molar-refractivity contribution in [3.63, 3.8) is 0 Å². The molecule has 0 radical (unpaired) electrons. The topological polar surface area (TPSA) is 17.1 Å². The minimum atomic E-state index is 0.824. The van der Waals surface area contributed by atoms with E-state index in [1.165, 1.54) is 34.6 Å². The number of aryl methyl sites for hydroxylation is 2. The molecule has 0 amide bonds. The highest BCUT2D eigenvalue weighted by Gasteiger charge is 2.13. The zero-order chi connectivity index (χ0) is 8.39. The smallest absolute Gasteiger partial charge is 0.142 e. The molecule has 2 heteroatoms. The van der Waals surface area contributed by atoms with Gasteiger partial charge in [-0.3, -0.25) is 4.79 Å². The van der Waals surface area contributed by atoms with Gasteiger partial charge in [-0.05, 0) is 43.0 Å². The molecule has 2 rings (SSSR count). The summed E-state index contributed by atoms with van der Waals surface area (Å²) in [5.41, 5.74) is 1.49. The maximum atomic E-state index is 10.1. The second kappa shape index (κ2) is 3.23. The number of hydrogen-bond donors (Lipinski definition) is 0. The van der Waals surface area contributed by atoms with Gasteiger partial charge in [-0.1, -0.05) is 0 Å². The van der Waals surface area contributed by atoms with Gasteiger partial charge < -0.3 is 0 Å². The summed E-state index contributed by atoms with van der Waals surface area (Å²) in [5.74, 6) is 0. The molecule has 0 saturated heterocycles. The van der Waals surface area contributed by atoms with Crippen molar-refractivity contribution < 1.29 is 4.79 Å². The molecule has 1 aromatic rings. The summed E-state index contributed by atoms with van der Waals surface area (Å²) in [4.78, 5) is 12.8. The third-order valence-corrected chi connectivity index (χ3v) is 3.31. The number of hydrogen-bond acceptors (Lipinski definition) is 2. The van der Waals surface area contributed by atoms with Crippen molar-refractivity contribution in [1.82, 2.24) is 0 Å². The predicted molar refractivity (Wildman–Crippen MR) is 51.4 cm³/mol. The van der Waals surface area contributed by atoms with Crippen LogP contribution >= 0.6 is 11.3 Å². The molecule has 0 aliphatic heterocycles. The molecule has 1 aromatic heterocycles. The van der Waals surface area contributed by atoms with Gasteiger partial charge in [0.2, 0.25) is 0 Å². The summed E-state index contributed by atoms with van der Waals surface area (Å²) in [5, 5.41) is 0. The van der Waals surface area contributed by atoms with E-state index in [1.807, 2.05) is 17.4 Å². The molecular weight excluding hydrogens is 168 g/mol. The van der Waals surface area contributed by atoms with Crippen LogP contribution in [0.1, 0.15) is 21.7 Å². The molecule has 0 fully saturated rings. The lowest BCUT2D eigenvalue weighted by Gasteiger charge is -1.83. The summed E-state index contributed by atoms with van der Waals surface area (Å²) < 4.78 is 0. The molecule has 0 unspecified atom stereocenters. The van der Waals surface area contributed by atoms with Crippen LogP contribution in [0.25, 0.3) is 6.08 Å². The SMILES string of the molecule is O=C/C=C/c1cc2c(s1)CCC2. The Hall–Kier alpha value is -0.890. The fourth-order valence-corrected chi connectivity index (χ4v) is 2.74. The minimum Gasteiger partial charge on any atom is -0.299 e. The molecule has 0 atom stereocenters. The largest absolute Gasteiger partial charge is 0.299 e. The quantitative estimate of drug-likeness (QED) is 0.502. The van der Waals surface area contributed by atoms with Gasteiger partial charge in [-0.15, -0.1) is 11.3 Å². The lowest BCUT2D eigenvalue weighted by atomic mass is 10.2. The molecular formula is C10H10OS. The number of aldehydes is 1. The molecule has 0 aromatic carbocycles. The Bertz CT molecular complexity index is 301. The first kappa shape index (κ1) is 7.74. The second-order valence-electron chi connectivity index (χ2n) is 2.95. The van der Waals surface area contributed by atoms with Crippen molar-refractivity contribution >= 4 is 23.7 Å². The average molecular weight is 178 g/mol. The monoisotopic (exact) mass is 178 g/mol. The third kappa shape index (κ3) is 1.34. The van der Waals surface area contributed by atoms with Crippen LogP contribution in [-0.2, 0) is 17.6 Å². The van der Waals surface area contributed by atoms with Crippen molar-refractivity contribution in [1.29, 1.82) is 0 Å². The highest BCUT2D eigenvalue weighted by molar-refractivity contribution is 7.13. The van der Waals surface area contributed by atoms with Crippen LogP contribution in [-0.4, -0.2) is 6.29 Å². The van der Waals surface area contributed by atoms with Gasteiger partial charge in [0.1, 0.15) is 6.29 Å². The first-order valence-electron chi connectivity index (χ1n) is 4.13. The van der Waals surface area contributed by atoms with Crippen molar-refractivity contribution in [2.24, 2.45) is 0 Å². The molecule has 1 nitrogen and oxygen atoms in total. The molecule has 0 saturated carbocycles. The van der Waals surface area contributed by atoms with Gasteiger partial charge in [0.15, 0.2) is 0 Å². The van der Waals surface area contributed by atoms with Crippen molar-refractivity contribution in [2.75, 3.05) is 0 Å².